The van der Waals surface area contributed by atoms with E-state index in [1.807, 2.05) is 36.4 Å². The van der Waals surface area contributed by atoms with E-state index in [2.05, 4.69) is 51.7 Å². The molecule has 0 bridgehead atoms. The van der Waals surface area contributed by atoms with Crippen LogP contribution < -0.4 is 30.9 Å². The molecular weight excluding hydrogens is 392 g/mol. The van der Waals surface area contributed by atoms with E-state index in [9.17, 15) is 0 Å². The quantitative estimate of drug-likeness (QED) is 0.467. The third-order valence-electron chi connectivity index (χ3n) is 4.32. The summed E-state index contributed by atoms with van der Waals surface area (Å²) in [7, 11) is 3.36. The Hall–Kier alpha value is -2.79. The second-order valence-electron chi connectivity index (χ2n) is 5.74. The molecule has 4 rings (SSSR count). The second-order valence-corrected chi connectivity index (χ2v) is 5.74. The summed E-state index contributed by atoms with van der Waals surface area (Å²) < 4.78 is 14.9. The van der Waals surface area contributed by atoms with Gasteiger partial charge >= 0.3 is 0 Å². The molecule has 5 heteroatoms. The largest absolute Gasteiger partial charge is 1.00 e. The Bertz CT molecular complexity index is 1010. The van der Waals surface area contributed by atoms with E-state index in [1.165, 1.54) is 0 Å². The maximum absolute atomic E-state index is 5.29. The van der Waals surface area contributed by atoms with Gasteiger partial charge in [0.25, 0.3) is 5.65 Å². The molecule has 0 aliphatic rings. The minimum absolute atomic E-state index is 0. The van der Waals surface area contributed by atoms with Crippen molar-refractivity contribution in [1.29, 1.82) is 0 Å². The summed E-state index contributed by atoms with van der Waals surface area (Å²) in [6.45, 7) is 0. The molecule has 132 valence electrons. The fraction of sp³-hybridized carbons (Fsp3) is 0.0952. The average Bonchev–Trinajstić information content (AvgIpc) is 3.07. The topological polar surface area (TPSA) is 27.5 Å². The highest BCUT2D eigenvalue weighted by Crippen LogP contribution is 2.27. The van der Waals surface area contributed by atoms with Crippen LogP contribution in [0.1, 0.15) is 0 Å². The van der Waals surface area contributed by atoms with Gasteiger partial charge in [0.2, 0.25) is 0 Å². The van der Waals surface area contributed by atoms with Crippen molar-refractivity contribution < 1.29 is 30.9 Å². The smallest absolute Gasteiger partial charge is 0.291 e. The van der Waals surface area contributed by atoms with Gasteiger partial charge in [0.15, 0.2) is 5.69 Å². The number of fused-ring (bicyclic) bond motifs is 1. The van der Waals surface area contributed by atoms with Gasteiger partial charge < -0.3 is 26.5 Å². The Labute approximate surface area is 163 Å². The fourth-order valence-corrected chi connectivity index (χ4v) is 3.03. The third kappa shape index (κ3) is 3.18. The first kappa shape index (κ1) is 18.0. The minimum Gasteiger partial charge on any atom is -1.00 e. The Morgan fingerprint density at radius 3 is 2.00 bits per heavy atom. The number of methoxy groups -OCH3 is 2. The SMILES string of the molecule is COc1ccc(-c2c[n+]3ccccc3n2-c2ccc(OC)cc2)cc1.[Br-]. The highest BCUT2D eigenvalue weighted by Gasteiger charge is 2.20. The minimum atomic E-state index is 0. The predicted molar refractivity (Wildman–Crippen MR) is 97.5 cm³/mol. The van der Waals surface area contributed by atoms with Crippen LogP contribution in [0.5, 0.6) is 11.5 Å². The Morgan fingerprint density at radius 1 is 0.769 bits per heavy atom. The van der Waals surface area contributed by atoms with Crippen LogP contribution in [-0.4, -0.2) is 18.8 Å². The van der Waals surface area contributed by atoms with Gasteiger partial charge in [-0.1, -0.05) is 6.07 Å². The van der Waals surface area contributed by atoms with Gasteiger partial charge in [-0.25, -0.2) is 4.40 Å². The molecule has 0 amide bonds. The Morgan fingerprint density at radius 2 is 1.38 bits per heavy atom. The number of pyridine rings is 1. The van der Waals surface area contributed by atoms with Crippen molar-refractivity contribution in [2.24, 2.45) is 0 Å². The van der Waals surface area contributed by atoms with Gasteiger partial charge in [0, 0.05) is 11.6 Å². The number of aromatic nitrogens is 2. The maximum Gasteiger partial charge on any atom is 0.291 e. The highest BCUT2D eigenvalue weighted by molar-refractivity contribution is 5.66. The molecule has 0 unspecified atom stereocenters. The van der Waals surface area contributed by atoms with E-state index >= 15 is 0 Å². The Balaban J connectivity index is 0.00000196. The number of rotatable bonds is 4. The van der Waals surface area contributed by atoms with Gasteiger partial charge in [-0.2, -0.15) is 4.57 Å². The first-order valence-electron chi connectivity index (χ1n) is 8.11. The van der Waals surface area contributed by atoms with Crippen molar-refractivity contribution in [2.75, 3.05) is 14.2 Å². The van der Waals surface area contributed by atoms with Crippen molar-refractivity contribution in [3.8, 4) is 28.4 Å². The van der Waals surface area contributed by atoms with Gasteiger partial charge in [0.1, 0.15) is 23.4 Å². The highest BCUT2D eigenvalue weighted by atomic mass is 79.9. The molecule has 0 fully saturated rings. The zero-order chi connectivity index (χ0) is 17.2. The molecule has 0 saturated carbocycles. The molecule has 0 aliphatic heterocycles. The van der Waals surface area contributed by atoms with Gasteiger partial charge in [-0.05, 0) is 54.6 Å². The summed E-state index contributed by atoms with van der Waals surface area (Å²) in [6, 6.07) is 22.4. The molecule has 2 aromatic carbocycles. The number of hydrogen-bond donors (Lipinski definition) is 0. The van der Waals surface area contributed by atoms with E-state index in [4.69, 9.17) is 9.47 Å². The summed E-state index contributed by atoms with van der Waals surface area (Å²) in [5, 5.41) is 0. The lowest BCUT2D eigenvalue weighted by Gasteiger charge is -2.05. The molecule has 0 saturated heterocycles. The summed E-state index contributed by atoms with van der Waals surface area (Å²) in [4.78, 5) is 0. The summed E-state index contributed by atoms with van der Waals surface area (Å²) in [5.74, 6) is 1.70. The summed E-state index contributed by atoms with van der Waals surface area (Å²) >= 11 is 0. The van der Waals surface area contributed by atoms with Crippen LogP contribution >= 0.6 is 0 Å². The molecule has 2 aromatic heterocycles. The van der Waals surface area contributed by atoms with Crippen LogP contribution in [0, 0.1) is 0 Å². The molecule has 0 N–H and O–H groups in total. The molecule has 26 heavy (non-hydrogen) atoms. The van der Waals surface area contributed by atoms with Crippen LogP contribution in [0.4, 0.5) is 0 Å². The molecule has 2 heterocycles. The lowest BCUT2D eigenvalue weighted by atomic mass is 10.1. The van der Waals surface area contributed by atoms with Crippen LogP contribution in [-0.2, 0) is 0 Å². The zero-order valence-electron chi connectivity index (χ0n) is 14.6. The number of imidazole rings is 1. The van der Waals surface area contributed by atoms with Gasteiger partial charge in [-0.15, -0.1) is 0 Å². The van der Waals surface area contributed by atoms with E-state index < -0.39 is 0 Å². The maximum atomic E-state index is 5.29. The molecule has 0 aliphatic carbocycles. The molecule has 4 nitrogen and oxygen atoms in total. The van der Waals surface area contributed by atoms with Crippen molar-refractivity contribution in [2.45, 2.75) is 0 Å². The fourth-order valence-electron chi connectivity index (χ4n) is 3.03. The van der Waals surface area contributed by atoms with Crippen LogP contribution in [0.3, 0.4) is 0 Å². The summed E-state index contributed by atoms with van der Waals surface area (Å²) in [6.07, 6.45) is 4.20. The van der Waals surface area contributed by atoms with Crippen molar-refractivity contribution in [3.05, 3.63) is 79.1 Å². The van der Waals surface area contributed by atoms with E-state index in [1.54, 1.807) is 14.2 Å². The normalized spacial score (nSPS) is 10.4. The van der Waals surface area contributed by atoms with Crippen molar-refractivity contribution >= 4 is 5.65 Å². The Kier molecular flexibility index (Phi) is 5.28. The first-order valence-corrected chi connectivity index (χ1v) is 8.11. The number of benzene rings is 2. The van der Waals surface area contributed by atoms with Gasteiger partial charge in [0.05, 0.1) is 20.4 Å². The summed E-state index contributed by atoms with van der Waals surface area (Å²) in [5.41, 5.74) is 4.41. The number of ether oxygens (including phenoxy) is 2. The zero-order valence-corrected chi connectivity index (χ0v) is 16.2. The molecule has 0 spiro atoms. The predicted octanol–water partition coefficient (Wildman–Crippen LogP) is 0.904. The first-order chi connectivity index (χ1) is 12.3. The van der Waals surface area contributed by atoms with Crippen molar-refractivity contribution in [1.82, 2.24) is 4.57 Å². The molecule has 4 aromatic rings. The van der Waals surface area contributed by atoms with E-state index in [0.29, 0.717) is 0 Å². The van der Waals surface area contributed by atoms with Crippen LogP contribution in [0.15, 0.2) is 79.1 Å². The number of hydrogen-bond acceptors (Lipinski definition) is 2. The van der Waals surface area contributed by atoms with E-state index in [0.717, 1.165) is 34.1 Å². The van der Waals surface area contributed by atoms with Crippen LogP contribution in [0.2, 0.25) is 0 Å². The molecule has 0 atom stereocenters. The second kappa shape index (κ2) is 7.62. The third-order valence-corrected chi connectivity index (χ3v) is 4.32. The number of nitrogens with zero attached hydrogens (tertiary/aromatic N) is 2. The lowest BCUT2D eigenvalue weighted by molar-refractivity contribution is -0.510. The molecule has 0 radical (unpaired) electrons. The standard InChI is InChI=1S/C21H19N2O2.BrH/c1-24-18-10-6-16(7-11-18)20-15-22-14-4-3-5-21(22)23(20)17-8-12-19(25-2)13-9-17;/h3-15H,1-2H3;1H/q+1;/p-1. The van der Waals surface area contributed by atoms with Crippen LogP contribution in [0.25, 0.3) is 22.6 Å². The molecular formula is C21H19BrN2O2. The lowest BCUT2D eigenvalue weighted by Crippen LogP contribution is -3.00. The average molecular weight is 411 g/mol. The van der Waals surface area contributed by atoms with Crippen molar-refractivity contribution in [3.63, 3.8) is 0 Å². The van der Waals surface area contributed by atoms with Gasteiger partial charge in [-0.3, -0.25) is 0 Å². The van der Waals surface area contributed by atoms with E-state index in [-0.39, 0.29) is 17.0 Å². The monoisotopic (exact) mass is 410 g/mol. The number of halogens is 1.